The lowest BCUT2D eigenvalue weighted by molar-refractivity contribution is 0.381. The van der Waals surface area contributed by atoms with Crippen molar-refractivity contribution in [3.05, 3.63) is 59.2 Å². The number of hydrogen-bond donors (Lipinski definition) is 1. The van der Waals surface area contributed by atoms with Crippen LogP contribution in [0.15, 0.2) is 36.7 Å². The number of benzene rings is 1. The predicted molar refractivity (Wildman–Crippen MR) is 82.1 cm³/mol. The van der Waals surface area contributed by atoms with Crippen LogP contribution in [-0.4, -0.2) is 18.6 Å². The second-order valence-electron chi connectivity index (χ2n) is 4.78. The molecule has 0 fully saturated rings. The van der Waals surface area contributed by atoms with E-state index in [0.717, 1.165) is 24.1 Å². The quantitative estimate of drug-likeness (QED) is 0.883. The highest BCUT2D eigenvalue weighted by molar-refractivity contribution is 5.40. The molecule has 1 atom stereocenters. The maximum Gasteiger partial charge on any atom is 0.170 e. The molecule has 1 unspecified atom stereocenters. The Labute approximate surface area is 125 Å². The van der Waals surface area contributed by atoms with E-state index < -0.39 is 0 Å². The second-order valence-corrected chi connectivity index (χ2v) is 4.78. The van der Waals surface area contributed by atoms with E-state index in [0.29, 0.717) is 5.56 Å². The number of nitrogens with zero attached hydrogens (tertiary/aromatic N) is 1. The van der Waals surface area contributed by atoms with Gasteiger partial charge < -0.3 is 10.1 Å². The van der Waals surface area contributed by atoms with Gasteiger partial charge in [-0.3, -0.25) is 4.98 Å². The highest BCUT2D eigenvalue weighted by Crippen LogP contribution is 2.30. The third kappa shape index (κ3) is 3.22. The van der Waals surface area contributed by atoms with Crippen LogP contribution in [0.2, 0.25) is 0 Å². The van der Waals surface area contributed by atoms with Gasteiger partial charge in [0.2, 0.25) is 0 Å². The fraction of sp³-hybridized carbons (Fsp3) is 0.353. The first-order valence-corrected chi connectivity index (χ1v) is 7.21. The van der Waals surface area contributed by atoms with Gasteiger partial charge in [-0.15, -0.1) is 0 Å². The monoisotopic (exact) mass is 288 g/mol. The summed E-state index contributed by atoms with van der Waals surface area (Å²) in [6.07, 6.45) is 4.45. The predicted octanol–water partition coefficient (Wildman–Crippen LogP) is 3.49. The maximum absolute atomic E-state index is 14.6. The Morgan fingerprint density at radius 1 is 1.24 bits per heavy atom. The minimum atomic E-state index is -0.315. The van der Waals surface area contributed by atoms with Gasteiger partial charge in [-0.2, -0.15) is 0 Å². The Morgan fingerprint density at radius 2 is 2.05 bits per heavy atom. The number of nitrogens with one attached hydrogen (secondary N) is 1. The average Bonchev–Trinajstić information content (AvgIpc) is 2.53. The first-order chi connectivity index (χ1) is 10.2. The number of ether oxygens (including phenoxy) is 1. The summed E-state index contributed by atoms with van der Waals surface area (Å²) in [4.78, 5) is 4.16. The molecule has 4 heteroatoms. The molecule has 0 saturated heterocycles. The normalized spacial score (nSPS) is 12.2. The maximum atomic E-state index is 14.6. The second kappa shape index (κ2) is 7.18. The standard InChI is InChI=1S/C17H21FN2O/c1-4-12-11-19-10-9-13(12)17(20-5-2)14-7-6-8-15(21-3)16(14)18/h6-11,17,20H,4-5H2,1-3H3. The lowest BCUT2D eigenvalue weighted by atomic mass is 9.94. The number of hydrogen-bond acceptors (Lipinski definition) is 3. The summed E-state index contributed by atoms with van der Waals surface area (Å²) in [6, 6.07) is 6.99. The fourth-order valence-electron chi connectivity index (χ4n) is 2.51. The molecule has 1 heterocycles. The minimum absolute atomic E-state index is 0.206. The molecule has 0 spiro atoms. The van der Waals surface area contributed by atoms with Crippen LogP contribution in [0, 0.1) is 5.82 Å². The molecular formula is C17H21FN2O. The van der Waals surface area contributed by atoms with Crippen molar-refractivity contribution in [3.63, 3.8) is 0 Å². The van der Waals surface area contributed by atoms with Crippen LogP contribution in [0.5, 0.6) is 5.75 Å². The van der Waals surface area contributed by atoms with Crippen LogP contribution in [0.3, 0.4) is 0 Å². The van der Waals surface area contributed by atoms with Gasteiger partial charge >= 0.3 is 0 Å². The molecule has 3 nitrogen and oxygen atoms in total. The number of pyridine rings is 1. The Balaban J connectivity index is 2.53. The molecule has 0 radical (unpaired) electrons. The van der Waals surface area contributed by atoms with E-state index in [4.69, 9.17) is 4.74 Å². The number of halogens is 1. The molecule has 0 aliphatic rings. The van der Waals surface area contributed by atoms with Crippen LogP contribution in [0.1, 0.15) is 36.6 Å². The number of rotatable bonds is 6. The Hall–Kier alpha value is -1.94. The van der Waals surface area contributed by atoms with E-state index in [1.54, 1.807) is 18.3 Å². The van der Waals surface area contributed by atoms with Crippen molar-refractivity contribution in [2.24, 2.45) is 0 Å². The van der Waals surface area contributed by atoms with Crippen LogP contribution < -0.4 is 10.1 Å². The summed E-state index contributed by atoms with van der Waals surface area (Å²) in [5.41, 5.74) is 2.77. The molecule has 2 aromatic rings. The molecule has 21 heavy (non-hydrogen) atoms. The van der Waals surface area contributed by atoms with E-state index in [1.807, 2.05) is 25.3 Å². The summed E-state index contributed by atoms with van der Waals surface area (Å²) in [7, 11) is 1.48. The molecule has 0 aliphatic heterocycles. The summed E-state index contributed by atoms with van der Waals surface area (Å²) >= 11 is 0. The highest BCUT2D eigenvalue weighted by Gasteiger charge is 2.21. The summed E-state index contributed by atoms with van der Waals surface area (Å²) < 4.78 is 19.7. The van der Waals surface area contributed by atoms with Crippen LogP contribution in [0.25, 0.3) is 0 Å². The lowest BCUT2D eigenvalue weighted by Crippen LogP contribution is -2.24. The third-order valence-electron chi connectivity index (χ3n) is 3.57. The van der Waals surface area contributed by atoms with E-state index in [2.05, 4.69) is 17.2 Å². The zero-order valence-corrected chi connectivity index (χ0v) is 12.7. The van der Waals surface area contributed by atoms with Gasteiger partial charge in [0.1, 0.15) is 0 Å². The van der Waals surface area contributed by atoms with Crippen LogP contribution in [-0.2, 0) is 6.42 Å². The van der Waals surface area contributed by atoms with Crippen molar-refractivity contribution in [2.45, 2.75) is 26.3 Å². The number of aryl methyl sites for hydroxylation is 1. The fourth-order valence-corrected chi connectivity index (χ4v) is 2.51. The van der Waals surface area contributed by atoms with Crippen molar-refractivity contribution < 1.29 is 9.13 Å². The van der Waals surface area contributed by atoms with Gasteiger partial charge in [0.25, 0.3) is 0 Å². The van der Waals surface area contributed by atoms with Gasteiger partial charge in [-0.05, 0) is 36.2 Å². The molecule has 112 valence electrons. The summed E-state index contributed by atoms with van der Waals surface area (Å²) in [5, 5.41) is 3.36. The van der Waals surface area contributed by atoms with E-state index >= 15 is 0 Å². The zero-order valence-electron chi connectivity index (χ0n) is 12.7. The van der Waals surface area contributed by atoms with Crippen molar-refractivity contribution >= 4 is 0 Å². The molecule has 0 aliphatic carbocycles. The summed E-state index contributed by atoms with van der Waals surface area (Å²) in [6.45, 7) is 4.83. The highest BCUT2D eigenvalue weighted by atomic mass is 19.1. The molecule has 1 aromatic heterocycles. The van der Waals surface area contributed by atoms with Crippen molar-refractivity contribution in [1.29, 1.82) is 0 Å². The number of methoxy groups -OCH3 is 1. The van der Waals surface area contributed by atoms with Gasteiger partial charge in [-0.1, -0.05) is 26.0 Å². The Bertz CT molecular complexity index is 601. The first kappa shape index (κ1) is 15.4. The zero-order chi connectivity index (χ0) is 15.2. The average molecular weight is 288 g/mol. The first-order valence-electron chi connectivity index (χ1n) is 7.21. The van der Waals surface area contributed by atoms with Gasteiger partial charge in [0.15, 0.2) is 11.6 Å². The Kier molecular flexibility index (Phi) is 5.28. The molecular weight excluding hydrogens is 267 g/mol. The van der Waals surface area contributed by atoms with Crippen molar-refractivity contribution in [1.82, 2.24) is 10.3 Å². The minimum Gasteiger partial charge on any atom is -0.494 e. The smallest absolute Gasteiger partial charge is 0.170 e. The van der Waals surface area contributed by atoms with Gasteiger partial charge in [-0.25, -0.2) is 4.39 Å². The van der Waals surface area contributed by atoms with Crippen molar-refractivity contribution in [2.75, 3.05) is 13.7 Å². The molecule has 0 saturated carbocycles. The van der Waals surface area contributed by atoms with Gasteiger partial charge in [0.05, 0.1) is 13.2 Å². The largest absolute Gasteiger partial charge is 0.494 e. The molecule has 0 amide bonds. The molecule has 2 rings (SSSR count). The third-order valence-corrected chi connectivity index (χ3v) is 3.57. The molecule has 1 N–H and O–H groups in total. The van der Waals surface area contributed by atoms with Crippen LogP contribution in [0.4, 0.5) is 4.39 Å². The van der Waals surface area contributed by atoms with E-state index in [-0.39, 0.29) is 17.6 Å². The SMILES string of the molecule is CCNC(c1ccncc1CC)c1cccc(OC)c1F. The molecule has 1 aromatic carbocycles. The van der Waals surface area contributed by atoms with Crippen molar-refractivity contribution in [3.8, 4) is 5.75 Å². The van der Waals surface area contributed by atoms with Crippen LogP contribution >= 0.6 is 0 Å². The topological polar surface area (TPSA) is 34.2 Å². The summed E-state index contributed by atoms with van der Waals surface area (Å²) in [5.74, 6) is -0.0488. The van der Waals surface area contributed by atoms with Gasteiger partial charge in [0, 0.05) is 18.0 Å². The lowest BCUT2D eigenvalue weighted by Gasteiger charge is -2.22. The Morgan fingerprint density at radius 3 is 2.71 bits per heavy atom. The van der Waals surface area contributed by atoms with E-state index in [9.17, 15) is 4.39 Å². The number of aromatic nitrogens is 1. The van der Waals surface area contributed by atoms with E-state index in [1.165, 1.54) is 7.11 Å². The molecule has 0 bridgehead atoms.